The maximum atomic E-state index is 13.9. The molecule has 0 heterocycles. The molecule has 0 N–H and O–H groups in total. The number of esters is 1. The van der Waals surface area contributed by atoms with Crippen LogP contribution in [-0.2, 0) is 0 Å². The molecule has 0 fully saturated rings. The van der Waals surface area contributed by atoms with E-state index in [0.717, 1.165) is 12.1 Å². The van der Waals surface area contributed by atoms with Crippen molar-refractivity contribution in [2.45, 2.75) is 0 Å². The number of methoxy groups -OCH3 is 1. The SMILES string of the molecule is COc1cc(F)c(C(=O)Oc2ccc3c(F)cccc3c2)c(F)c1. The summed E-state index contributed by atoms with van der Waals surface area (Å²) in [6, 6.07) is 10.4. The zero-order chi connectivity index (χ0) is 17.3. The fourth-order valence-corrected chi connectivity index (χ4v) is 2.31. The van der Waals surface area contributed by atoms with Gasteiger partial charge in [0.2, 0.25) is 0 Å². The van der Waals surface area contributed by atoms with Crippen molar-refractivity contribution in [3.8, 4) is 11.5 Å². The first-order valence-electron chi connectivity index (χ1n) is 6.93. The van der Waals surface area contributed by atoms with E-state index in [-0.39, 0.29) is 11.5 Å². The second kappa shape index (κ2) is 6.23. The summed E-state index contributed by atoms with van der Waals surface area (Å²) in [7, 11) is 1.25. The van der Waals surface area contributed by atoms with Crippen molar-refractivity contribution in [3.05, 3.63) is 71.5 Å². The van der Waals surface area contributed by atoms with Crippen LogP contribution in [0.4, 0.5) is 13.2 Å². The Balaban J connectivity index is 1.93. The molecule has 0 saturated carbocycles. The van der Waals surface area contributed by atoms with E-state index in [1.165, 1.54) is 37.4 Å². The average molecular weight is 332 g/mol. The molecule has 3 aromatic rings. The van der Waals surface area contributed by atoms with Gasteiger partial charge in [-0.15, -0.1) is 0 Å². The van der Waals surface area contributed by atoms with Crippen molar-refractivity contribution in [3.63, 3.8) is 0 Å². The predicted octanol–water partition coefficient (Wildman–Crippen LogP) is 4.48. The lowest BCUT2D eigenvalue weighted by molar-refractivity contribution is 0.0724. The molecule has 3 nitrogen and oxygen atoms in total. The van der Waals surface area contributed by atoms with Crippen molar-refractivity contribution >= 4 is 16.7 Å². The Hall–Kier alpha value is -3.02. The fourth-order valence-electron chi connectivity index (χ4n) is 2.31. The van der Waals surface area contributed by atoms with Gasteiger partial charge < -0.3 is 9.47 Å². The van der Waals surface area contributed by atoms with Gasteiger partial charge in [0.1, 0.15) is 34.5 Å². The quantitative estimate of drug-likeness (QED) is 0.524. The highest BCUT2D eigenvalue weighted by molar-refractivity contribution is 5.93. The molecule has 0 spiro atoms. The summed E-state index contributed by atoms with van der Waals surface area (Å²) in [4.78, 5) is 12.0. The number of carbonyl (C=O) groups excluding carboxylic acids is 1. The Bertz CT molecular complexity index is 915. The van der Waals surface area contributed by atoms with Gasteiger partial charge in [-0.2, -0.15) is 0 Å². The molecule has 0 amide bonds. The predicted molar refractivity (Wildman–Crippen MR) is 81.8 cm³/mol. The zero-order valence-corrected chi connectivity index (χ0v) is 12.5. The van der Waals surface area contributed by atoms with E-state index in [2.05, 4.69) is 0 Å². The van der Waals surface area contributed by atoms with Gasteiger partial charge in [0.15, 0.2) is 0 Å². The van der Waals surface area contributed by atoms with E-state index in [0.29, 0.717) is 10.8 Å². The van der Waals surface area contributed by atoms with Gasteiger partial charge in [-0.05, 0) is 29.7 Å². The summed E-state index contributed by atoms with van der Waals surface area (Å²) in [6.07, 6.45) is 0. The molecule has 0 aromatic heterocycles. The van der Waals surface area contributed by atoms with Gasteiger partial charge in [-0.1, -0.05) is 12.1 Å². The maximum Gasteiger partial charge on any atom is 0.349 e. The molecule has 0 radical (unpaired) electrons. The fraction of sp³-hybridized carbons (Fsp3) is 0.0556. The molecule has 0 bridgehead atoms. The second-order valence-corrected chi connectivity index (χ2v) is 4.98. The largest absolute Gasteiger partial charge is 0.497 e. The molecule has 0 aliphatic rings. The molecule has 122 valence electrons. The van der Waals surface area contributed by atoms with Crippen LogP contribution in [-0.4, -0.2) is 13.1 Å². The number of hydrogen-bond acceptors (Lipinski definition) is 3. The number of carbonyl (C=O) groups is 1. The molecule has 6 heteroatoms. The summed E-state index contributed by atoms with van der Waals surface area (Å²) < 4.78 is 51.1. The van der Waals surface area contributed by atoms with Crippen LogP contribution < -0.4 is 9.47 Å². The first kappa shape index (κ1) is 15.9. The Morgan fingerprint density at radius 2 is 1.58 bits per heavy atom. The Labute approximate surface area is 135 Å². The van der Waals surface area contributed by atoms with Crippen LogP contribution in [0.2, 0.25) is 0 Å². The van der Waals surface area contributed by atoms with Gasteiger partial charge in [-0.3, -0.25) is 0 Å². The monoisotopic (exact) mass is 332 g/mol. The molecule has 0 unspecified atom stereocenters. The van der Waals surface area contributed by atoms with Gasteiger partial charge in [0.05, 0.1) is 7.11 Å². The summed E-state index contributed by atoms with van der Waals surface area (Å²) >= 11 is 0. The van der Waals surface area contributed by atoms with E-state index >= 15 is 0 Å². The summed E-state index contributed by atoms with van der Waals surface area (Å²) in [5, 5.41) is 0.843. The van der Waals surface area contributed by atoms with E-state index in [4.69, 9.17) is 9.47 Å². The number of benzene rings is 3. The van der Waals surface area contributed by atoms with E-state index in [1.54, 1.807) is 6.07 Å². The molecule has 3 rings (SSSR count). The second-order valence-electron chi connectivity index (χ2n) is 4.98. The molecule has 0 aliphatic carbocycles. The van der Waals surface area contributed by atoms with Gasteiger partial charge in [-0.25, -0.2) is 18.0 Å². The molecule has 0 atom stereocenters. The van der Waals surface area contributed by atoms with Crippen molar-refractivity contribution in [2.75, 3.05) is 7.11 Å². The Morgan fingerprint density at radius 1 is 0.875 bits per heavy atom. The summed E-state index contributed by atoms with van der Waals surface area (Å²) in [5.74, 6) is -3.80. The van der Waals surface area contributed by atoms with Crippen LogP contribution in [0, 0.1) is 17.5 Å². The average Bonchev–Trinajstić information content (AvgIpc) is 2.54. The van der Waals surface area contributed by atoms with E-state index in [1.807, 2.05) is 0 Å². The van der Waals surface area contributed by atoms with Gasteiger partial charge in [0, 0.05) is 17.5 Å². The molecule has 24 heavy (non-hydrogen) atoms. The number of hydrogen-bond donors (Lipinski definition) is 0. The third-order valence-electron chi connectivity index (χ3n) is 3.46. The lowest BCUT2D eigenvalue weighted by Crippen LogP contribution is -2.13. The minimum atomic E-state index is -1.19. The van der Waals surface area contributed by atoms with Crippen LogP contribution in [0.25, 0.3) is 10.8 Å². The smallest absolute Gasteiger partial charge is 0.349 e. The topological polar surface area (TPSA) is 35.5 Å². The molecule has 0 aliphatic heterocycles. The van der Waals surface area contributed by atoms with Crippen LogP contribution >= 0.6 is 0 Å². The standard InChI is InChI=1S/C18H11F3O3/c1-23-12-8-15(20)17(16(21)9-12)18(22)24-11-5-6-13-10(7-11)3-2-4-14(13)19/h2-9H,1H3. The number of halogens is 3. The van der Waals surface area contributed by atoms with Crippen LogP contribution in [0.5, 0.6) is 11.5 Å². The lowest BCUT2D eigenvalue weighted by Gasteiger charge is -2.09. The van der Waals surface area contributed by atoms with Crippen LogP contribution in [0.3, 0.4) is 0 Å². The highest BCUT2D eigenvalue weighted by atomic mass is 19.1. The zero-order valence-electron chi connectivity index (χ0n) is 12.5. The lowest BCUT2D eigenvalue weighted by atomic mass is 10.1. The minimum Gasteiger partial charge on any atom is -0.497 e. The van der Waals surface area contributed by atoms with Crippen molar-refractivity contribution in [2.24, 2.45) is 0 Å². The maximum absolute atomic E-state index is 13.9. The number of rotatable bonds is 3. The van der Waals surface area contributed by atoms with Crippen molar-refractivity contribution in [1.29, 1.82) is 0 Å². The van der Waals surface area contributed by atoms with Crippen molar-refractivity contribution < 1.29 is 27.4 Å². The number of fused-ring (bicyclic) bond motifs is 1. The number of ether oxygens (including phenoxy) is 2. The van der Waals surface area contributed by atoms with Crippen molar-refractivity contribution in [1.82, 2.24) is 0 Å². The third kappa shape index (κ3) is 2.90. The minimum absolute atomic E-state index is 0.0488. The van der Waals surface area contributed by atoms with Gasteiger partial charge >= 0.3 is 5.97 Å². The summed E-state index contributed by atoms with van der Waals surface area (Å²) in [6.45, 7) is 0. The Kier molecular flexibility index (Phi) is 4.12. The first-order chi connectivity index (χ1) is 11.5. The van der Waals surface area contributed by atoms with Crippen LogP contribution in [0.15, 0.2) is 48.5 Å². The molecular weight excluding hydrogens is 321 g/mol. The molecular formula is C18H11F3O3. The van der Waals surface area contributed by atoms with Crippen LogP contribution in [0.1, 0.15) is 10.4 Å². The first-order valence-corrected chi connectivity index (χ1v) is 6.93. The van der Waals surface area contributed by atoms with E-state index in [9.17, 15) is 18.0 Å². The van der Waals surface area contributed by atoms with E-state index < -0.39 is 29.0 Å². The molecule has 3 aromatic carbocycles. The summed E-state index contributed by atoms with van der Waals surface area (Å²) in [5.41, 5.74) is -0.824. The Morgan fingerprint density at radius 3 is 2.25 bits per heavy atom. The highest BCUT2D eigenvalue weighted by Gasteiger charge is 2.21. The highest BCUT2D eigenvalue weighted by Crippen LogP contribution is 2.25. The molecule has 0 saturated heterocycles. The third-order valence-corrected chi connectivity index (χ3v) is 3.46. The van der Waals surface area contributed by atoms with Gasteiger partial charge in [0.25, 0.3) is 0 Å². The normalized spacial score (nSPS) is 10.7.